The summed E-state index contributed by atoms with van der Waals surface area (Å²) in [6.07, 6.45) is 9.27. The van der Waals surface area contributed by atoms with Gasteiger partial charge < -0.3 is 10.1 Å². The van der Waals surface area contributed by atoms with Crippen LogP contribution in [0.1, 0.15) is 25.7 Å². The van der Waals surface area contributed by atoms with Gasteiger partial charge in [-0.2, -0.15) is 0 Å². The van der Waals surface area contributed by atoms with Crippen LogP contribution in [0, 0.1) is 5.92 Å². The molecule has 1 aliphatic heterocycles. The smallest absolute Gasteiger partial charge is 0.0587 e. The van der Waals surface area contributed by atoms with E-state index in [9.17, 15) is 0 Å². The number of allylic oxidation sites excluding steroid dienone is 1. The number of ether oxygens (including phenoxy) is 1. The Morgan fingerprint density at radius 3 is 2.71 bits per heavy atom. The van der Waals surface area contributed by atoms with Gasteiger partial charge in [0.25, 0.3) is 0 Å². The highest BCUT2D eigenvalue weighted by Crippen LogP contribution is 2.31. The molecule has 1 N–H and O–H groups in total. The Labute approximate surface area is 85.2 Å². The quantitative estimate of drug-likeness (QED) is 0.726. The van der Waals surface area contributed by atoms with E-state index in [1.807, 2.05) is 13.3 Å². The highest BCUT2D eigenvalue weighted by Gasteiger charge is 2.23. The van der Waals surface area contributed by atoms with Gasteiger partial charge in [-0.15, -0.1) is 0 Å². The zero-order valence-electron chi connectivity index (χ0n) is 8.70. The maximum Gasteiger partial charge on any atom is 0.0587 e. The second-order valence-corrected chi connectivity index (χ2v) is 4.00. The van der Waals surface area contributed by atoms with Crippen LogP contribution < -0.4 is 5.32 Å². The lowest BCUT2D eigenvalue weighted by Gasteiger charge is -2.28. The lowest BCUT2D eigenvalue weighted by atomic mass is 9.85. The third-order valence-electron chi connectivity index (χ3n) is 3.13. The molecule has 0 spiro atoms. The third kappa shape index (κ3) is 2.15. The summed E-state index contributed by atoms with van der Waals surface area (Å²) in [7, 11) is 1.81. The predicted molar refractivity (Wildman–Crippen MR) is 57.3 cm³/mol. The molecule has 1 aliphatic carbocycles. The van der Waals surface area contributed by atoms with Gasteiger partial charge in [0.05, 0.1) is 11.8 Å². The first-order chi connectivity index (χ1) is 6.90. The molecule has 0 saturated heterocycles. The van der Waals surface area contributed by atoms with Crippen LogP contribution in [0.3, 0.4) is 0 Å². The van der Waals surface area contributed by atoms with Crippen LogP contribution >= 0.6 is 0 Å². The van der Waals surface area contributed by atoms with Gasteiger partial charge >= 0.3 is 0 Å². The molecule has 0 aromatic rings. The number of rotatable bonds is 2. The Morgan fingerprint density at radius 2 is 2.14 bits per heavy atom. The van der Waals surface area contributed by atoms with Crippen molar-refractivity contribution in [2.45, 2.75) is 31.8 Å². The van der Waals surface area contributed by atoms with Crippen molar-refractivity contribution in [1.82, 2.24) is 5.32 Å². The van der Waals surface area contributed by atoms with Crippen LogP contribution in [0.25, 0.3) is 0 Å². The number of nitrogens with zero attached hydrogens (tertiary/aromatic N) is 1. The van der Waals surface area contributed by atoms with E-state index in [1.54, 1.807) is 0 Å². The molecule has 0 radical (unpaired) electrons. The summed E-state index contributed by atoms with van der Waals surface area (Å²) in [6.45, 7) is 0.872. The van der Waals surface area contributed by atoms with Crippen molar-refractivity contribution in [2.24, 2.45) is 10.9 Å². The molecule has 2 aliphatic rings. The monoisotopic (exact) mass is 194 g/mol. The average molecular weight is 194 g/mol. The lowest BCUT2D eigenvalue weighted by molar-refractivity contribution is 0.0612. The number of nitrogens with one attached hydrogen (secondary N) is 1. The van der Waals surface area contributed by atoms with Crippen LogP contribution in [-0.4, -0.2) is 26.0 Å². The van der Waals surface area contributed by atoms with Crippen molar-refractivity contribution in [3.63, 3.8) is 0 Å². The molecule has 78 valence electrons. The Hall–Kier alpha value is -0.830. The molecule has 1 heterocycles. The van der Waals surface area contributed by atoms with Crippen LogP contribution in [0.15, 0.2) is 16.9 Å². The fraction of sp³-hybridized carbons (Fsp3) is 0.727. The summed E-state index contributed by atoms with van der Waals surface area (Å²) in [6, 6.07) is 0. The molecule has 3 heteroatoms. The van der Waals surface area contributed by atoms with Crippen molar-refractivity contribution in [3.05, 3.63) is 11.9 Å². The van der Waals surface area contributed by atoms with Gasteiger partial charge in [0, 0.05) is 32.0 Å². The Kier molecular flexibility index (Phi) is 3.19. The summed E-state index contributed by atoms with van der Waals surface area (Å²) in [4.78, 5) is 4.44. The fourth-order valence-electron chi connectivity index (χ4n) is 2.22. The normalized spacial score (nSPS) is 32.2. The van der Waals surface area contributed by atoms with E-state index >= 15 is 0 Å². The first kappa shape index (κ1) is 9.71. The van der Waals surface area contributed by atoms with E-state index in [0.717, 1.165) is 6.54 Å². The van der Waals surface area contributed by atoms with Crippen LogP contribution in [-0.2, 0) is 4.74 Å². The van der Waals surface area contributed by atoms with Crippen molar-refractivity contribution in [2.75, 3.05) is 13.7 Å². The molecule has 3 nitrogen and oxygen atoms in total. The van der Waals surface area contributed by atoms with Gasteiger partial charge in [-0.25, -0.2) is 0 Å². The number of hydrogen-bond donors (Lipinski definition) is 1. The maximum atomic E-state index is 5.35. The minimum absolute atomic E-state index is 0.479. The van der Waals surface area contributed by atoms with Gasteiger partial charge in [-0.05, 0) is 25.7 Å². The lowest BCUT2D eigenvalue weighted by Crippen LogP contribution is -2.23. The van der Waals surface area contributed by atoms with E-state index < -0.39 is 0 Å². The van der Waals surface area contributed by atoms with Gasteiger partial charge in [0.1, 0.15) is 0 Å². The molecule has 1 fully saturated rings. The van der Waals surface area contributed by atoms with E-state index in [2.05, 4.69) is 16.5 Å². The van der Waals surface area contributed by atoms with Gasteiger partial charge in [0.2, 0.25) is 0 Å². The van der Waals surface area contributed by atoms with Crippen LogP contribution in [0.2, 0.25) is 0 Å². The minimum Gasteiger partial charge on any atom is -0.384 e. The molecule has 0 aromatic carbocycles. The highest BCUT2D eigenvalue weighted by molar-refractivity contribution is 5.62. The average Bonchev–Trinajstić information content (AvgIpc) is 2.30. The second-order valence-electron chi connectivity index (χ2n) is 4.00. The Bertz CT molecular complexity index is 240. The summed E-state index contributed by atoms with van der Waals surface area (Å²) in [5.74, 6) is 0.644. The third-order valence-corrected chi connectivity index (χ3v) is 3.13. The summed E-state index contributed by atoms with van der Waals surface area (Å²) in [5.41, 5.74) is 1.23. The Balaban J connectivity index is 1.88. The number of aliphatic imine (C=N–C) groups is 1. The summed E-state index contributed by atoms with van der Waals surface area (Å²) in [5, 5.41) is 3.21. The molecule has 0 amide bonds. The van der Waals surface area contributed by atoms with Crippen molar-refractivity contribution in [1.29, 1.82) is 0 Å². The first-order valence-electron chi connectivity index (χ1n) is 5.39. The molecule has 0 unspecified atom stereocenters. The first-order valence-corrected chi connectivity index (χ1v) is 5.39. The largest absolute Gasteiger partial charge is 0.384 e. The molecule has 0 bridgehead atoms. The number of hydrogen-bond acceptors (Lipinski definition) is 3. The zero-order valence-corrected chi connectivity index (χ0v) is 8.70. The van der Waals surface area contributed by atoms with Crippen molar-refractivity contribution in [3.8, 4) is 0 Å². The molecule has 2 rings (SSSR count). The Morgan fingerprint density at radius 1 is 1.36 bits per heavy atom. The fourth-order valence-corrected chi connectivity index (χ4v) is 2.22. The molecule has 0 atom stereocenters. The summed E-state index contributed by atoms with van der Waals surface area (Å²) >= 11 is 0. The van der Waals surface area contributed by atoms with E-state index in [4.69, 9.17) is 4.74 Å². The standard InChI is InChI=1S/C11H18N2O/c1-14-10-4-2-9(3-5-10)11-8-12-6-7-13-11/h7-10,12H,2-6H2,1H3/t9-,10+. The van der Waals surface area contributed by atoms with Gasteiger partial charge in [-0.1, -0.05) is 0 Å². The second kappa shape index (κ2) is 4.60. The maximum absolute atomic E-state index is 5.35. The zero-order chi connectivity index (χ0) is 9.80. The predicted octanol–water partition coefficient (Wildman–Crippen LogP) is 1.71. The SMILES string of the molecule is CO[C@H]1CC[C@@H](C2=CNCC=N2)CC1. The molecule has 1 saturated carbocycles. The molecule has 0 aromatic heterocycles. The van der Waals surface area contributed by atoms with Crippen LogP contribution in [0.4, 0.5) is 0 Å². The van der Waals surface area contributed by atoms with Crippen LogP contribution in [0.5, 0.6) is 0 Å². The van der Waals surface area contributed by atoms with Gasteiger partial charge in [0.15, 0.2) is 0 Å². The van der Waals surface area contributed by atoms with Crippen molar-refractivity contribution < 1.29 is 4.74 Å². The van der Waals surface area contributed by atoms with E-state index in [-0.39, 0.29) is 0 Å². The number of methoxy groups -OCH3 is 1. The summed E-state index contributed by atoms with van der Waals surface area (Å²) < 4.78 is 5.35. The topological polar surface area (TPSA) is 33.6 Å². The highest BCUT2D eigenvalue weighted by atomic mass is 16.5. The molecular formula is C11H18N2O. The van der Waals surface area contributed by atoms with E-state index in [1.165, 1.54) is 31.4 Å². The van der Waals surface area contributed by atoms with Gasteiger partial charge in [-0.3, -0.25) is 4.99 Å². The minimum atomic E-state index is 0.479. The molecular weight excluding hydrogens is 176 g/mol. The van der Waals surface area contributed by atoms with E-state index in [0.29, 0.717) is 12.0 Å². The molecule has 14 heavy (non-hydrogen) atoms. The van der Waals surface area contributed by atoms with Crippen molar-refractivity contribution >= 4 is 6.21 Å².